The lowest BCUT2D eigenvalue weighted by molar-refractivity contribution is 0.341. The molecule has 0 aliphatic heterocycles. The van der Waals surface area contributed by atoms with E-state index in [1.807, 2.05) is 25.1 Å². The number of phenolic OH excluding ortho intramolecular Hbond substituents is 1. The van der Waals surface area contributed by atoms with Crippen LogP contribution in [0, 0.1) is 0 Å². The minimum absolute atomic E-state index is 0.179. The van der Waals surface area contributed by atoms with Crippen LogP contribution >= 0.6 is 22.9 Å². The molecule has 0 saturated carbocycles. The van der Waals surface area contributed by atoms with E-state index < -0.39 is 0 Å². The Labute approximate surface area is 125 Å². The highest BCUT2D eigenvalue weighted by Crippen LogP contribution is 2.37. The second-order valence-electron chi connectivity index (χ2n) is 4.24. The number of hydrogen-bond acceptors (Lipinski definition) is 4. The molecule has 1 heterocycles. The van der Waals surface area contributed by atoms with Gasteiger partial charge in [0.2, 0.25) is 0 Å². The van der Waals surface area contributed by atoms with Gasteiger partial charge in [-0.05, 0) is 43.3 Å². The summed E-state index contributed by atoms with van der Waals surface area (Å²) in [4.78, 5) is 4.53. The molecule has 1 N–H and O–H groups in total. The largest absolute Gasteiger partial charge is 0.507 e. The fourth-order valence-electron chi connectivity index (χ4n) is 1.96. The van der Waals surface area contributed by atoms with Gasteiger partial charge in [-0.25, -0.2) is 4.98 Å². The summed E-state index contributed by atoms with van der Waals surface area (Å²) in [5, 5.41) is 11.3. The summed E-state index contributed by atoms with van der Waals surface area (Å²) in [6.07, 6.45) is 0. The molecule has 3 rings (SSSR count). The number of nitrogens with zero attached hydrogens (tertiary/aromatic N) is 1. The van der Waals surface area contributed by atoms with Crippen LogP contribution in [0.5, 0.6) is 11.5 Å². The number of aromatic nitrogens is 1. The van der Waals surface area contributed by atoms with Gasteiger partial charge in [-0.1, -0.05) is 11.6 Å². The van der Waals surface area contributed by atoms with Crippen LogP contribution in [0.1, 0.15) is 6.92 Å². The lowest BCUT2D eigenvalue weighted by atomic mass is 10.2. The number of halogens is 1. The van der Waals surface area contributed by atoms with Crippen LogP contribution < -0.4 is 4.74 Å². The number of rotatable bonds is 3. The van der Waals surface area contributed by atoms with Crippen molar-refractivity contribution in [3.05, 3.63) is 41.4 Å². The fraction of sp³-hybridized carbons (Fsp3) is 0.133. The molecule has 0 radical (unpaired) electrons. The van der Waals surface area contributed by atoms with E-state index in [1.54, 1.807) is 18.2 Å². The molecule has 1 aromatic heterocycles. The highest BCUT2D eigenvalue weighted by Gasteiger charge is 2.11. The normalized spacial score (nSPS) is 10.9. The quantitative estimate of drug-likeness (QED) is 0.761. The Morgan fingerprint density at radius 2 is 2.10 bits per heavy atom. The van der Waals surface area contributed by atoms with Gasteiger partial charge in [0, 0.05) is 5.02 Å². The molecule has 0 fully saturated rings. The van der Waals surface area contributed by atoms with Crippen molar-refractivity contribution in [2.24, 2.45) is 0 Å². The van der Waals surface area contributed by atoms with Crippen LogP contribution in [-0.4, -0.2) is 16.7 Å². The first kappa shape index (κ1) is 13.2. The molecule has 3 aromatic rings. The molecule has 0 atom stereocenters. The van der Waals surface area contributed by atoms with Gasteiger partial charge in [-0.2, -0.15) is 0 Å². The molecular weight excluding hydrogens is 294 g/mol. The summed E-state index contributed by atoms with van der Waals surface area (Å²) in [6.45, 7) is 2.58. The maximum atomic E-state index is 9.94. The molecule has 0 amide bonds. The summed E-state index contributed by atoms with van der Waals surface area (Å²) in [5.74, 6) is 1.00. The van der Waals surface area contributed by atoms with E-state index in [1.165, 1.54) is 11.3 Å². The first-order valence-electron chi connectivity index (χ1n) is 6.19. The SMILES string of the molecule is CCOc1ccc2nc(-c3cc(Cl)ccc3O)sc2c1. The molecular formula is C15H12ClNO2S. The van der Waals surface area contributed by atoms with Crippen LogP contribution in [0.4, 0.5) is 0 Å². The monoisotopic (exact) mass is 305 g/mol. The Kier molecular flexibility index (Phi) is 3.51. The van der Waals surface area contributed by atoms with Crippen LogP contribution in [0.2, 0.25) is 5.02 Å². The van der Waals surface area contributed by atoms with Gasteiger partial charge >= 0.3 is 0 Å². The summed E-state index contributed by atoms with van der Waals surface area (Å²) in [6, 6.07) is 10.7. The van der Waals surface area contributed by atoms with Gasteiger partial charge in [0.05, 0.1) is 22.4 Å². The van der Waals surface area contributed by atoms with Crippen molar-refractivity contribution >= 4 is 33.2 Å². The second kappa shape index (κ2) is 5.31. The van der Waals surface area contributed by atoms with Gasteiger partial charge < -0.3 is 9.84 Å². The number of benzene rings is 2. The van der Waals surface area contributed by atoms with Crippen LogP contribution in [0.15, 0.2) is 36.4 Å². The van der Waals surface area contributed by atoms with Crippen molar-refractivity contribution in [1.29, 1.82) is 0 Å². The molecule has 0 aliphatic rings. The van der Waals surface area contributed by atoms with E-state index in [-0.39, 0.29) is 5.75 Å². The van der Waals surface area contributed by atoms with Crippen LogP contribution in [-0.2, 0) is 0 Å². The Balaban J connectivity index is 2.10. The Morgan fingerprint density at radius 1 is 1.25 bits per heavy atom. The van der Waals surface area contributed by atoms with E-state index in [2.05, 4.69) is 4.98 Å². The summed E-state index contributed by atoms with van der Waals surface area (Å²) in [7, 11) is 0. The molecule has 102 valence electrons. The number of aromatic hydroxyl groups is 1. The third kappa shape index (κ3) is 2.44. The standard InChI is InChI=1S/C15H12ClNO2S/c1-2-19-10-4-5-12-14(8-10)20-15(17-12)11-7-9(16)3-6-13(11)18/h3-8,18H,2H2,1H3. The van der Waals surface area contributed by atoms with Crippen molar-refractivity contribution in [1.82, 2.24) is 4.98 Å². The smallest absolute Gasteiger partial charge is 0.128 e. The number of fused-ring (bicyclic) bond motifs is 1. The first-order valence-corrected chi connectivity index (χ1v) is 7.39. The van der Waals surface area contributed by atoms with Crippen LogP contribution in [0.3, 0.4) is 0 Å². The molecule has 0 spiro atoms. The topological polar surface area (TPSA) is 42.4 Å². The van der Waals surface area contributed by atoms with E-state index >= 15 is 0 Å². The molecule has 0 aliphatic carbocycles. The van der Waals surface area contributed by atoms with Gasteiger partial charge in [-0.3, -0.25) is 0 Å². The number of thiazole rings is 1. The summed E-state index contributed by atoms with van der Waals surface area (Å²) in [5.41, 5.74) is 1.53. The zero-order valence-electron chi connectivity index (χ0n) is 10.8. The maximum absolute atomic E-state index is 9.94. The average molecular weight is 306 g/mol. The minimum Gasteiger partial charge on any atom is -0.507 e. The van der Waals surface area contributed by atoms with E-state index in [0.29, 0.717) is 17.2 Å². The fourth-order valence-corrected chi connectivity index (χ4v) is 3.15. The van der Waals surface area contributed by atoms with Gasteiger partial charge in [0.15, 0.2) is 0 Å². The zero-order valence-corrected chi connectivity index (χ0v) is 12.3. The number of hydrogen-bond donors (Lipinski definition) is 1. The molecule has 2 aromatic carbocycles. The Hall–Kier alpha value is -1.78. The molecule has 5 heteroatoms. The third-order valence-corrected chi connectivity index (χ3v) is 4.15. The van der Waals surface area contributed by atoms with Crippen molar-refractivity contribution in [2.75, 3.05) is 6.61 Å². The van der Waals surface area contributed by atoms with E-state index in [4.69, 9.17) is 16.3 Å². The summed E-state index contributed by atoms with van der Waals surface area (Å²) >= 11 is 7.48. The Bertz CT molecular complexity index is 770. The van der Waals surface area contributed by atoms with Crippen molar-refractivity contribution in [2.45, 2.75) is 6.92 Å². The van der Waals surface area contributed by atoms with Crippen LogP contribution in [0.25, 0.3) is 20.8 Å². The predicted molar refractivity (Wildman–Crippen MR) is 82.9 cm³/mol. The molecule has 20 heavy (non-hydrogen) atoms. The van der Waals surface area contributed by atoms with Crippen molar-refractivity contribution in [3.8, 4) is 22.1 Å². The van der Waals surface area contributed by atoms with Gasteiger partial charge in [0.1, 0.15) is 16.5 Å². The first-order chi connectivity index (χ1) is 9.67. The van der Waals surface area contributed by atoms with E-state index in [0.717, 1.165) is 21.0 Å². The third-order valence-electron chi connectivity index (χ3n) is 2.86. The lowest BCUT2D eigenvalue weighted by Crippen LogP contribution is -1.89. The predicted octanol–water partition coefficient (Wildman–Crippen LogP) is 4.72. The number of ether oxygens (including phenoxy) is 1. The van der Waals surface area contributed by atoms with Crippen molar-refractivity contribution in [3.63, 3.8) is 0 Å². The lowest BCUT2D eigenvalue weighted by Gasteiger charge is -2.00. The van der Waals surface area contributed by atoms with E-state index in [9.17, 15) is 5.11 Å². The zero-order chi connectivity index (χ0) is 14.1. The minimum atomic E-state index is 0.179. The molecule has 0 bridgehead atoms. The molecule has 3 nitrogen and oxygen atoms in total. The second-order valence-corrected chi connectivity index (χ2v) is 5.71. The van der Waals surface area contributed by atoms with Gasteiger partial charge in [-0.15, -0.1) is 11.3 Å². The van der Waals surface area contributed by atoms with Crippen molar-refractivity contribution < 1.29 is 9.84 Å². The Morgan fingerprint density at radius 3 is 2.90 bits per heavy atom. The summed E-state index contributed by atoms with van der Waals surface area (Å²) < 4.78 is 6.50. The highest BCUT2D eigenvalue weighted by molar-refractivity contribution is 7.21. The van der Waals surface area contributed by atoms with Gasteiger partial charge in [0.25, 0.3) is 0 Å². The molecule has 0 saturated heterocycles. The number of phenols is 1. The molecule has 0 unspecified atom stereocenters. The average Bonchev–Trinajstić information content (AvgIpc) is 2.85. The maximum Gasteiger partial charge on any atom is 0.128 e. The highest BCUT2D eigenvalue weighted by atomic mass is 35.5.